The van der Waals surface area contributed by atoms with Crippen LogP contribution < -0.4 is 4.90 Å². The highest BCUT2D eigenvalue weighted by Crippen LogP contribution is 2.24. The second-order valence-electron chi connectivity index (χ2n) is 4.00. The molecule has 5 heteroatoms. The van der Waals surface area contributed by atoms with Crippen molar-refractivity contribution in [2.24, 2.45) is 0 Å². The smallest absolute Gasteiger partial charge is 0.328 e. The van der Waals surface area contributed by atoms with E-state index in [9.17, 15) is 4.79 Å². The number of carbonyl (C=O) groups is 1. The first-order chi connectivity index (χ1) is 9.04. The number of anilines is 1. The molecule has 4 nitrogen and oxygen atoms in total. The lowest BCUT2D eigenvalue weighted by atomic mass is 10.2. The number of carboxylic acids is 1. The molecule has 1 rings (SSSR count). The standard InChI is InChI=1S/C14H18ClNO3/c1-3-19-9-8-16(2)12-6-4-11(13(15)10-12)5-7-14(17)18/h4-7,10H,3,8-9H2,1-2H3,(H,17,18)/b7-5+. The fraction of sp³-hybridized carbons (Fsp3) is 0.357. The Morgan fingerprint density at radius 2 is 2.26 bits per heavy atom. The van der Waals surface area contributed by atoms with Gasteiger partial charge < -0.3 is 14.7 Å². The number of aliphatic carboxylic acids is 1. The highest BCUT2D eigenvalue weighted by molar-refractivity contribution is 6.32. The lowest BCUT2D eigenvalue weighted by Crippen LogP contribution is -2.22. The Balaban J connectivity index is 2.73. The topological polar surface area (TPSA) is 49.8 Å². The van der Waals surface area contributed by atoms with E-state index in [2.05, 4.69) is 0 Å². The SMILES string of the molecule is CCOCCN(C)c1ccc(/C=C/C(=O)O)c(Cl)c1. The van der Waals surface area contributed by atoms with E-state index in [1.54, 1.807) is 6.07 Å². The minimum absolute atomic E-state index is 0.526. The third kappa shape index (κ3) is 5.32. The monoisotopic (exact) mass is 283 g/mol. The third-order valence-corrected chi connectivity index (χ3v) is 2.93. The van der Waals surface area contributed by atoms with Gasteiger partial charge in [0.1, 0.15) is 0 Å². The molecule has 19 heavy (non-hydrogen) atoms. The summed E-state index contributed by atoms with van der Waals surface area (Å²) in [5.41, 5.74) is 1.66. The van der Waals surface area contributed by atoms with Crippen LogP contribution in [0.5, 0.6) is 0 Å². The minimum atomic E-state index is -0.992. The van der Waals surface area contributed by atoms with E-state index >= 15 is 0 Å². The van der Waals surface area contributed by atoms with Crippen LogP contribution in [0, 0.1) is 0 Å². The van der Waals surface area contributed by atoms with E-state index in [4.69, 9.17) is 21.4 Å². The number of carboxylic acid groups (broad SMARTS) is 1. The van der Waals surface area contributed by atoms with Gasteiger partial charge in [0, 0.05) is 37.0 Å². The molecule has 104 valence electrons. The van der Waals surface area contributed by atoms with Crippen LogP contribution in [0.15, 0.2) is 24.3 Å². The Labute approximate surface area is 118 Å². The molecule has 0 unspecified atom stereocenters. The van der Waals surface area contributed by atoms with Gasteiger partial charge in [-0.2, -0.15) is 0 Å². The molecule has 0 aromatic heterocycles. The Morgan fingerprint density at radius 3 is 2.84 bits per heavy atom. The summed E-state index contributed by atoms with van der Waals surface area (Å²) in [6.45, 7) is 4.09. The molecule has 0 saturated heterocycles. The van der Waals surface area contributed by atoms with Crippen LogP contribution in [0.2, 0.25) is 5.02 Å². The van der Waals surface area contributed by atoms with Crippen LogP contribution >= 0.6 is 11.6 Å². The largest absolute Gasteiger partial charge is 0.478 e. The number of hydrogen-bond donors (Lipinski definition) is 1. The summed E-state index contributed by atoms with van der Waals surface area (Å²) in [6.07, 6.45) is 2.55. The molecular formula is C14H18ClNO3. The van der Waals surface area contributed by atoms with E-state index in [0.717, 1.165) is 18.3 Å². The van der Waals surface area contributed by atoms with E-state index in [-0.39, 0.29) is 0 Å². The number of ether oxygens (including phenoxy) is 1. The Hall–Kier alpha value is -1.52. The van der Waals surface area contributed by atoms with Gasteiger partial charge in [-0.1, -0.05) is 17.7 Å². The van der Waals surface area contributed by atoms with Gasteiger partial charge in [0.15, 0.2) is 0 Å². The molecule has 1 aromatic rings. The zero-order chi connectivity index (χ0) is 14.3. The van der Waals surface area contributed by atoms with Gasteiger partial charge in [0.2, 0.25) is 0 Å². The van der Waals surface area contributed by atoms with Crippen LogP contribution in [0.25, 0.3) is 6.08 Å². The van der Waals surface area contributed by atoms with Crippen molar-refractivity contribution in [3.05, 3.63) is 34.9 Å². The van der Waals surface area contributed by atoms with Crippen LogP contribution in [-0.4, -0.2) is 37.9 Å². The van der Waals surface area contributed by atoms with Gasteiger partial charge in [0.05, 0.1) is 6.61 Å². The maximum absolute atomic E-state index is 10.5. The van der Waals surface area contributed by atoms with Crippen molar-refractivity contribution in [3.63, 3.8) is 0 Å². The van der Waals surface area contributed by atoms with Gasteiger partial charge in [-0.25, -0.2) is 4.79 Å². The zero-order valence-electron chi connectivity index (χ0n) is 11.1. The lowest BCUT2D eigenvalue weighted by Gasteiger charge is -2.19. The minimum Gasteiger partial charge on any atom is -0.478 e. The second kappa shape index (κ2) is 7.81. The summed E-state index contributed by atoms with van der Waals surface area (Å²) in [4.78, 5) is 12.5. The van der Waals surface area contributed by atoms with E-state index in [0.29, 0.717) is 23.8 Å². The normalized spacial score (nSPS) is 10.9. The van der Waals surface area contributed by atoms with Crippen molar-refractivity contribution >= 4 is 29.3 Å². The molecule has 0 atom stereocenters. The number of rotatable bonds is 7. The lowest BCUT2D eigenvalue weighted by molar-refractivity contribution is -0.131. The van der Waals surface area contributed by atoms with Crippen molar-refractivity contribution < 1.29 is 14.6 Å². The average molecular weight is 284 g/mol. The fourth-order valence-electron chi connectivity index (χ4n) is 1.52. The van der Waals surface area contributed by atoms with Crippen molar-refractivity contribution in [3.8, 4) is 0 Å². The first-order valence-electron chi connectivity index (χ1n) is 6.04. The molecule has 0 aliphatic carbocycles. The summed E-state index contributed by atoms with van der Waals surface area (Å²) in [5.74, 6) is -0.992. The van der Waals surface area contributed by atoms with E-state index in [1.165, 1.54) is 6.08 Å². The van der Waals surface area contributed by atoms with Crippen molar-refractivity contribution in [2.45, 2.75) is 6.92 Å². The van der Waals surface area contributed by atoms with Gasteiger partial charge in [-0.05, 0) is 30.7 Å². The molecule has 0 radical (unpaired) electrons. The van der Waals surface area contributed by atoms with Crippen molar-refractivity contribution in [1.29, 1.82) is 0 Å². The highest BCUT2D eigenvalue weighted by Gasteiger charge is 2.04. The molecule has 1 aromatic carbocycles. The first kappa shape index (κ1) is 15.5. The Morgan fingerprint density at radius 1 is 1.53 bits per heavy atom. The predicted octanol–water partition coefficient (Wildman–Crippen LogP) is 2.91. The van der Waals surface area contributed by atoms with Crippen LogP contribution in [0.4, 0.5) is 5.69 Å². The summed E-state index contributed by atoms with van der Waals surface area (Å²) in [7, 11) is 1.96. The molecule has 0 aliphatic heterocycles. The average Bonchev–Trinajstić information content (AvgIpc) is 2.37. The van der Waals surface area contributed by atoms with E-state index in [1.807, 2.05) is 31.0 Å². The van der Waals surface area contributed by atoms with Crippen LogP contribution in [0.3, 0.4) is 0 Å². The molecule has 0 saturated carbocycles. The Kier molecular flexibility index (Phi) is 6.39. The van der Waals surface area contributed by atoms with Gasteiger partial charge in [-0.15, -0.1) is 0 Å². The van der Waals surface area contributed by atoms with Crippen molar-refractivity contribution in [1.82, 2.24) is 0 Å². The Bertz CT molecular complexity index is 460. The molecule has 0 amide bonds. The maximum Gasteiger partial charge on any atom is 0.328 e. The van der Waals surface area contributed by atoms with Crippen molar-refractivity contribution in [2.75, 3.05) is 31.7 Å². The molecule has 1 N–H and O–H groups in total. The first-order valence-corrected chi connectivity index (χ1v) is 6.41. The molecule has 0 aliphatic rings. The summed E-state index contributed by atoms with van der Waals surface area (Å²) in [5, 5.41) is 9.10. The summed E-state index contributed by atoms with van der Waals surface area (Å²) in [6, 6.07) is 5.52. The molecule has 0 spiro atoms. The molecule has 0 fully saturated rings. The molecule has 0 heterocycles. The summed E-state index contributed by atoms with van der Waals surface area (Å²) >= 11 is 6.12. The maximum atomic E-state index is 10.5. The zero-order valence-corrected chi connectivity index (χ0v) is 11.9. The molecular weight excluding hydrogens is 266 g/mol. The second-order valence-corrected chi connectivity index (χ2v) is 4.40. The number of likely N-dealkylation sites (N-methyl/N-ethyl adjacent to an activating group) is 1. The number of hydrogen-bond acceptors (Lipinski definition) is 3. The van der Waals surface area contributed by atoms with Gasteiger partial charge in [-0.3, -0.25) is 0 Å². The van der Waals surface area contributed by atoms with Gasteiger partial charge in [0.25, 0.3) is 0 Å². The number of nitrogens with zero attached hydrogens (tertiary/aromatic N) is 1. The number of halogens is 1. The van der Waals surface area contributed by atoms with E-state index < -0.39 is 5.97 Å². The van der Waals surface area contributed by atoms with Gasteiger partial charge >= 0.3 is 5.97 Å². The molecule has 0 bridgehead atoms. The quantitative estimate of drug-likeness (QED) is 0.617. The summed E-state index contributed by atoms with van der Waals surface area (Å²) < 4.78 is 5.29. The third-order valence-electron chi connectivity index (χ3n) is 2.61. The predicted molar refractivity (Wildman–Crippen MR) is 77.9 cm³/mol. The number of benzene rings is 1. The van der Waals surface area contributed by atoms with Crippen LogP contribution in [-0.2, 0) is 9.53 Å². The fourth-order valence-corrected chi connectivity index (χ4v) is 1.76. The van der Waals surface area contributed by atoms with Crippen LogP contribution in [0.1, 0.15) is 12.5 Å². The highest BCUT2D eigenvalue weighted by atomic mass is 35.5.